The van der Waals surface area contributed by atoms with Gasteiger partial charge in [0.2, 0.25) is 0 Å². The molecule has 0 radical (unpaired) electrons. The lowest BCUT2D eigenvalue weighted by Gasteiger charge is -2.20. The normalized spacial score (nSPS) is 21.6. The number of likely N-dealkylation sites (tertiary alicyclic amines) is 1. The zero-order valence-electron chi connectivity index (χ0n) is 10.1. The highest BCUT2D eigenvalue weighted by atomic mass is 15.2. The van der Waals surface area contributed by atoms with Crippen LogP contribution in [-0.2, 0) is 0 Å². The Balaban J connectivity index is 1.76. The molecular formula is C12H20N4. The Morgan fingerprint density at radius 3 is 3.00 bits per heavy atom. The van der Waals surface area contributed by atoms with Gasteiger partial charge in [0, 0.05) is 31.5 Å². The van der Waals surface area contributed by atoms with E-state index in [9.17, 15) is 0 Å². The molecule has 4 nitrogen and oxygen atoms in total. The van der Waals surface area contributed by atoms with Gasteiger partial charge in [-0.15, -0.1) is 0 Å². The van der Waals surface area contributed by atoms with Crippen LogP contribution >= 0.6 is 0 Å². The van der Waals surface area contributed by atoms with Crippen LogP contribution in [0.5, 0.6) is 0 Å². The second-order valence-electron chi connectivity index (χ2n) is 4.71. The number of hydrogen-bond acceptors (Lipinski definition) is 4. The molecule has 0 spiro atoms. The number of anilines is 1. The topological polar surface area (TPSA) is 41.0 Å². The quantitative estimate of drug-likeness (QED) is 0.837. The highest BCUT2D eigenvalue weighted by Gasteiger charge is 2.23. The van der Waals surface area contributed by atoms with Gasteiger partial charge in [0.05, 0.1) is 6.20 Å². The maximum absolute atomic E-state index is 4.21. The molecule has 4 heteroatoms. The Kier molecular flexibility index (Phi) is 3.72. The second-order valence-corrected chi connectivity index (χ2v) is 4.71. The third kappa shape index (κ3) is 2.92. The van der Waals surface area contributed by atoms with Gasteiger partial charge in [-0.3, -0.25) is 4.98 Å². The van der Waals surface area contributed by atoms with Crippen molar-refractivity contribution >= 4 is 5.82 Å². The number of rotatable bonds is 4. The maximum Gasteiger partial charge on any atom is 0.144 e. The molecule has 1 fully saturated rings. The smallest absolute Gasteiger partial charge is 0.144 e. The molecule has 0 aromatic carbocycles. The Bertz CT molecular complexity index is 312. The lowest BCUT2D eigenvalue weighted by Crippen LogP contribution is -2.29. The van der Waals surface area contributed by atoms with Gasteiger partial charge in [-0.25, -0.2) is 4.98 Å². The minimum atomic E-state index is 0.668. The number of aromatic nitrogens is 2. The number of nitrogens with one attached hydrogen (secondary N) is 1. The highest BCUT2D eigenvalue weighted by molar-refractivity contribution is 5.29. The lowest BCUT2D eigenvalue weighted by molar-refractivity contribution is 0.266. The van der Waals surface area contributed by atoms with Gasteiger partial charge in [0.1, 0.15) is 5.82 Å². The van der Waals surface area contributed by atoms with Crippen molar-refractivity contribution in [2.75, 3.05) is 25.0 Å². The molecule has 0 saturated carbocycles. The van der Waals surface area contributed by atoms with Crippen molar-refractivity contribution in [3.05, 3.63) is 18.6 Å². The third-order valence-corrected chi connectivity index (χ3v) is 3.18. The van der Waals surface area contributed by atoms with E-state index in [0.717, 1.165) is 18.3 Å². The van der Waals surface area contributed by atoms with Gasteiger partial charge in [-0.05, 0) is 32.7 Å². The summed E-state index contributed by atoms with van der Waals surface area (Å²) in [6, 6.07) is 0.668. The summed E-state index contributed by atoms with van der Waals surface area (Å²) in [5, 5.41) is 3.35. The molecule has 1 N–H and O–H groups in total. The molecule has 1 saturated heterocycles. The monoisotopic (exact) mass is 220 g/mol. The fourth-order valence-corrected chi connectivity index (χ4v) is 2.14. The molecule has 1 unspecified atom stereocenters. The molecule has 2 rings (SSSR count). The molecular weight excluding hydrogens is 200 g/mol. The largest absolute Gasteiger partial charge is 0.368 e. The highest BCUT2D eigenvalue weighted by Crippen LogP contribution is 2.18. The Morgan fingerprint density at radius 1 is 1.50 bits per heavy atom. The molecule has 0 amide bonds. The summed E-state index contributed by atoms with van der Waals surface area (Å²) < 4.78 is 0. The van der Waals surface area contributed by atoms with E-state index in [1.54, 1.807) is 18.6 Å². The van der Waals surface area contributed by atoms with Crippen molar-refractivity contribution in [2.45, 2.75) is 26.3 Å². The predicted molar refractivity (Wildman–Crippen MR) is 65.3 cm³/mol. The van der Waals surface area contributed by atoms with E-state index >= 15 is 0 Å². The van der Waals surface area contributed by atoms with Crippen molar-refractivity contribution in [1.29, 1.82) is 0 Å². The molecule has 1 atom stereocenters. The molecule has 88 valence electrons. The Morgan fingerprint density at radius 2 is 2.38 bits per heavy atom. The summed E-state index contributed by atoms with van der Waals surface area (Å²) in [5.41, 5.74) is 0. The average Bonchev–Trinajstić information content (AvgIpc) is 2.76. The first-order valence-corrected chi connectivity index (χ1v) is 5.99. The predicted octanol–water partition coefficient (Wildman–Crippen LogP) is 1.62. The van der Waals surface area contributed by atoms with E-state index in [-0.39, 0.29) is 0 Å². The lowest BCUT2D eigenvalue weighted by atomic mass is 10.1. The molecule has 0 bridgehead atoms. The zero-order chi connectivity index (χ0) is 11.4. The molecule has 0 aliphatic carbocycles. The van der Waals surface area contributed by atoms with Gasteiger partial charge in [-0.2, -0.15) is 0 Å². The van der Waals surface area contributed by atoms with Crippen LogP contribution in [0.15, 0.2) is 18.6 Å². The van der Waals surface area contributed by atoms with Crippen LogP contribution in [-0.4, -0.2) is 40.5 Å². The van der Waals surface area contributed by atoms with Crippen molar-refractivity contribution < 1.29 is 0 Å². The minimum Gasteiger partial charge on any atom is -0.368 e. The Labute approximate surface area is 97.1 Å². The van der Waals surface area contributed by atoms with E-state index in [4.69, 9.17) is 0 Å². The zero-order valence-corrected chi connectivity index (χ0v) is 10.1. The third-order valence-electron chi connectivity index (χ3n) is 3.18. The fraction of sp³-hybridized carbons (Fsp3) is 0.667. The van der Waals surface area contributed by atoms with Crippen molar-refractivity contribution in [1.82, 2.24) is 14.9 Å². The van der Waals surface area contributed by atoms with Crippen LogP contribution in [0, 0.1) is 5.92 Å². The van der Waals surface area contributed by atoms with E-state index < -0.39 is 0 Å². The molecule has 1 aliphatic rings. The van der Waals surface area contributed by atoms with Crippen LogP contribution in [0.1, 0.15) is 20.3 Å². The first-order valence-electron chi connectivity index (χ1n) is 5.99. The standard InChI is InChI=1S/C12H20N4/c1-10(2)16-6-3-11(9-16)7-15-12-8-13-4-5-14-12/h4-5,8,10-11H,3,6-7,9H2,1-2H3,(H,14,15). The average molecular weight is 220 g/mol. The summed E-state index contributed by atoms with van der Waals surface area (Å²) in [4.78, 5) is 10.8. The van der Waals surface area contributed by atoms with Gasteiger partial charge in [0.25, 0.3) is 0 Å². The van der Waals surface area contributed by atoms with Gasteiger partial charge >= 0.3 is 0 Å². The van der Waals surface area contributed by atoms with Crippen molar-refractivity contribution in [3.8, 4) is 0 Å². The van der Waals surface area contributed by atoms with E-state index in [2.05, 4.69) is 34.0 Å². The number of nitrogens with zero attached hydrogens (tertiary/aromatic N) is 3. The van der Waals surface area contributed by atoms with Gasteiger partial charge in [0.15, 0.2) is 0 Å². The maximum atomic E-state index is 4.21. The van der Waals surface area contributed by atoms with Crippen LogP contribution < -0.4 is 5.32 Å². The minimum absolute atomic E-state index is 0.668. The summed E-state index contributed by atoms with van der Waals surface area (Å²) in [7, 11) is 0. The first kappa shape index (κ1) is 11.3. The summed E-state index contributed by atoms with van der Waals surface area (Å²) in [5.74, 6) is 1.62. The molecule has 1 aromatic rings. The van der Waals surface area contributed by atoms with E-state index in [1.165, 1.54) is 19.5 Å². The molecule has 16 heavy (non-hydrogen) atoms. The van der Waals surface area contributed by atoms with Crippen molar-refractivity contribution in [2.24, 2.45) is 5.92 Å². The summed E-state index contributed by atoms with van der Waals surface area (Å²) >= 11 is 0. The molecule has 1 aromatic heterocycles. The van der Waals surface area contributed by atoms with Crippen LogP contribution in [0.3, 0.4) is 0 Å². The van der Waals surface area contributed by atoms with Crippen molar-refractivity contribution in [3.63, 3.8) is 0 Å². The van der Waals surface area contributed by atoms with E-state index in [0.29, 0.717) is 6.04 Å². The number of hydrogen-bond donors (Lipinski definition) is 1. The first-order chi connectivity index (χ1) is 7.75. The molecule has 2 heterocycles. The summed E-state index contributed by atoms with van der Waals surface area (Å²) in [6.07, 6.45) is 6.47. The van der Waals surface area contributed by atoms with Crippen LogP contribution in [0.4, 0.5) is 5.82 Å². The summed E-state index contributed by atoms with van der Waals surface area (Å²) in [6.45, 7) is 7.95. The molecule has 1 aliphatic heterocycles. The van der Waals surface area contributed by atoms with Crippen LogP contribution in [0.25, 0.3) is 0 Å². The van der Waals surface area contributed by atoms with E-state index in [1.807, 2.05) is 0 Å². The fourth-order valence-electron chi connectivity index (χ4n) is 2.14. The van der Waals surface area contributed by atoms with Gasteiger partial charge in [-0.1, -0.05) is 0 Å². The van der Waals surface area contributed by atoms with Crippen LogP contribution in [0.2, 0.25) is 0 Å². The SMILES string of the molecule is CC(C)N1CCC(CNc2cnccn2)C1. The Hall–Kier alpha value is -1.16. The van der Waals surface area contributed by atoms with Gasteiger partial charge < -0.3 is 10.2 Å². The second kappa shape index (κ2) is 5.25.